The minimum absolute atomic E-state index is 0.0911. The molecule has 0 unspecified atom stereocenters. The van der Waals surface area contributed by atoms with Gasteiger partial charge in [0.2, 0.25) is 0 Å². The van der Waals surface area contributed by atoms with Crippen molar-refractivity contribution in [2.24, 2.45) is 0 Å². The van der Waals surface area contributed by atoms with Crippen LogP contribution >= 0.6 is 11.6 Å². The molecule has 29 heavy (non-hydrogen) atoms. The molecule has 4 rings (SSSR count). The van der Waals surface area contributed by atoms with Crippen LogP contribution in [-0.4, -0.2) is 60.2 Å². The largest absolute Gasteiger partial charge is 0.356 e. The van der Waals surface area contributed by atoms with Gasteiger partial charge in [0.15, 0.2) is 0 Å². The summed E-state index contributed by atoms with van der Waals surface area (Å²) >= 11 is 6.16. The number of hydrogen-bond donors (Lipinski definition) is 1. The van der Waals surface area contributed by atoms with Crippen molar-refractivity contribution >= 4 is 35.0 Å². The molecule has 2 aliphatic heterocycles. The fourth-order valence-corrected chi connectivity index (χ4v) is 4.06. The number of carbonyl (C=O) groups excluding carboxylic acids is 1. The standard InChI is InChI=1S/C21H27ClN6O/c1-15-17(22)6-5-7-18(15)25-21(29)28-12-10-27(11-13-28)20-14-19(23-16(2)24-20)26-8-3-4-9-26/h5-7,14H,3-4,8-13H2,1-2H3,(H,25,29). The average molecular weight is 415 g/mol. The Morgan fingerprint density at radius 3 is 2.24 bits per heavy atom. The molecule has 2 fully saturated rings. The van der Waals surface area contributed by atoms with Gasteiger partial charge in [0.1, 0.15) is 17.5 Å². The maximum atomic E-state index is 12.7. The predicted octanol–water partition coefficient (Wildman–Crippen LogP) is 3.70. The molecule has 154 valence electrons. The third kappa shape index (κ3) is 4.40. The molecule has 2 saturated heterocycles. The van der Waals surface area contributed by atoms with Gasteiger partial charge in [-0.3, -0.25) is 0 Å². The third-order valence-electron chi connectivity index (χ3n) is 5.64. The summed E-state index contributed by atoms with van der Waals surface area (Å²) in [7, 11) is 0. The second-order valence-electron chi connectivity index (χ2n) is 7.64. The molecule has 8 heteroatoms. The molecule has 7 nitrogen and oxygen atoms in total. The van der Waals surface area contributed by atoms with Crippen molar-refractivity contribution in [1.29, 1.82) is 0 Å². The SMILES string of the molecule is Cc1nc(N2CCCC2)cc(N2CCN(C(=O)Nc3cccc(Cl)c3C)CC2)n1. The first-order valence-corrected chi connectivity index (χ1v) is 10.6. The number of amides is 2. The lowest BCUT2D eigenvalue weighted by Crippen LogP contribution is -2.50. The van der Waals surface area contributed by atoms with Crippen molar-refractivity contribution in [2.75, 3.05) is 54.4 Å². The smallest absolute Gasteiger partial charge is 0.321 e. The summed E-state index contributed by atoms with van der Waals surface area (Å²) in [5.41, 5.74) is 1.64. The van der Waals surface area contributed by atoms with Gasteiger partial charge in [-0.15, -0.1) is 0 Å². The molecule has 3 heterocycles. The molecule has 0 bridgehead atoms. The van der Waals surface area contributed by atoms with Crippen LogP contribution < -0.4 is 15.1 Å². The molecule has 0 spiro atoms. The van der Waals surface area contributed by atoms with E-state index in [1.807, 2.05) is 36.9 Å². The summed E-state index contributed by atoms with van der Waals surface area (Å²) in [6.45, 7) is 8.77. The Labute approximate surface area is 176 Å². The third-order valence-corrected chi connectivity index (χ3v) is 6.05. The maximum Gasteiger partial charge on any atom is 0.321 e. The zero-order valence-electron chi connectivity index (χ0n) is 17.0. The summed E-state index contributed by atoms with van der Waals surface area (Å²) in [5, 5.41) is 3.64. The van der Waals surface area contributed by atoms with E-state index in [0.29, 0.717) is 18.1 Å². The Bertz CT molecular complexity index is 891. The van der Waals surface area contributed by atoms with Gasteiger partial charge in [-0.2, -0.15) is 0 Å². The average Bonchev–Trinajstić information content (AvgIpc) is 3.26. The van der Waals surface area contributed by atoms with E-state index in [0.717, 1.165) is 54.9 Å². The molecular weight excluding hydrogens is 388 g/mol. The highest BCUT2D eigenvalue weighted by atomic mass is 35.5. The maximum absolute atomic E-state index is 12.7. The van der Waals surface area contributed by atoms with E-state index >= 15 is 0 Å². The van der Waals surface area contributed by atoms with Gasteiger partial charge >= 0.3 is 6.03 Å². The topological polar surface area (TPSA) is 64.6 Å². The van der Waals surface area contributed by atoms with E-state index in [2.05, 4.69) is 31.2 Å². The summed E-state index contributed by atoms with van der Waals surface area (Å²) in [4.78, 5) is 28.3. The lowest BCUT2D eigenvalue weighted by atomic mass is 10.2. The number of piperazine rings is 1. The number of aryl methyl sites for hydroxylation is 1. The van der Waals surface area contributed by atoms with Gasteiger partial charge in [0.25, 0.3) is 0 Å². The molecule has 2 aliphatic rings. The van der Waals surface area contributed by atoms with Crippen LogP contribution in [0, 0.1) is 13.8 Å². The van der Waals surface area contributed by atoms with Crippen LogP contribution in [0.5, 0.6) is 0 Å². The summed E-state index contributed by atoms with van der Waals surface area (Å²) in [6, 6.07) is 7.54. The lowest BCUT2D eigenvalue weighted by Gasteiger charge is -2.35. The Morgan fingerprint density at radius 1 is 0.966 bits per heavy atom. The molecule has 1 aromatic carbocycles. The van der Waals surface area contributed by atoms with E-state index < -0.39 is 0 Å². The van der Waals surface area contributed by atoms with Crippen LogP contribution in [0.4, 0.5) is 22.1 Å². The number of nitrogens with one attached hydrogen (secondary N) is 1. The summed E-state index contributed by atoms with van der Waals surface area (Å²) < 4.78 is 0. The number of benzene rings is 1. The highest BCUT2D eigenvalue weighted by Crippen LogP contribution is 2.25. The molecule has 0 aliphatic carbocycles. The molecule has 0 radical (unpaired) electrons. The van der Waals surface area contributed by atoms with E-state index in [1.165, 1.54) is 12.8 Å². The summed E-state index contributed by atoms with van der Waals surface area (Å²) in [6.07, 6.45) is 2.44. The zero-order valence-corrected chi connectivity index (χ0v) is 17.7. The quantitative estimate of drug-likeness (QED) is 0.829. The number of carbonyl (C=O) groups is 1. The van der Waals surface area contributed by atoms with Crippen molar-refractivity contribution in [2.45, 2.75) is 26.7 Å². The first-order valence-electron chi connectivity index (χ1n) is 10.2. The Hall–Kier alpha value is -2.54. The molecule has 1 aromatic heterocycles. The minimum atomic E-state index is -0.0911. The highest BCUT2D eigenvalue weighted by Gasteiger charge is 2.24. The monoisotopic (exact) mass is 414 g/mol. The lowest BCUT2D eigenvalue weighted by molar-refractivity contribution is 0.208. The van der Waals surface area contributed by atoms with E-state index in [9.17, 15) is 4.79 Å². The van der Waals surface area contributed by atoms with Gasteiger partial charge in [-0.05, 0) is 44.4 Å². The Balaban J connectivity index is 1.39. The van der Waals surface area contributed by atoms with E-state index in [4.69, 9.17) is 11.6 Å². The van der Waals surface area contributed by atoms with Gasteiger partial charge in [0, 0.05) is 56.0 Å². The van der Waals surface area contributed by atoms with Crippen LogP contribution in [-0.2, 0) is 0 Å². The van der Waals surface area contributed by atoms with Gasteiger partial charge in [0.05, 0.1) is 0 Å². The number of urea groups is 1. The molecule has 2 aromatic rings. The van der Waals surface area contributed by atoms with Gasteiger partial charge in [-0.25, -0.2) is 14.8 Å². The van der Waals surface area contributed by atoms with Crippen molar-refractivity contribution in [3.05, 3.63) is 40.7 Å². The normalized spacial score (nSPS) is 17.0. The van der Waals surface area contributed by atoms with Crippen LogP contribution in [0.1, 0.15) is 24.2 Å². The number of aromatic nitrogens is 2. The fourth-order valence-electron chi connectivity index (χ4n) is 3.88. The van der Waals surface area contributed by atoms with Crippen LogP contribution in [0.15, 0.2) is 24.3 Å². The van der Waals surface area contributed by atoms with Crippen molar-refractivity contribution in [3.63, 3.8) is 0 Å². The van der Waals surface area contributed by atoms with Crippen LogP contribution in [0.25, 0.3) is 0 Å². The first kappa shape index (κ1) is 19.8. The predicted molar refractivity (Wildman–Crippen MR) is 117 cm³/mol. The highest BCUT2D eigenvalue weighted by molar-refractivity contribution is 6.31. The molecule has 0 atom stereocenters. The Morgan fingerprint density at radius 2 is 1.59 bits per heavy atom. The van der Waals surface area contributed by atoms with Crippen molar-refractivity contribution in [3.8, 4) is 0 Å². The number of nitrogens with zero attached hydrogens (tertiary/aromatic N) is 5. The molecular formula is C21H27ClN6O. The van der Waals surface area contributed by atoms with E-state index in [1.54, 1.807) is 0 Å². The number of hydrogen-bond acceptors (Lipinski definition) is 5. The number of halogens is 1. The number of anilines is 3. The second kappa shape index (κ2) is 8.45. The van der Waals surface area contributed by atoms with Crippen LogP contribution in [0.3, 0.4) is 0 Å². The first-order chi connectivity index (χ1) is 14.0. The second-order valence-corrected chi connectivity index (χ2v) is 8.05. The fraction of sp³-hybridized carbons (Fsp3) is 0.476. The molecule has 0 saturated carbocycles. The molecule has 1 N–H and O–H groups in total. The van der Waals surface area contributed by atoms with Crippen LogP contribution in [0.2, 0.25) is 5.02 Å². The van der Waals surface area contributed by atoms with Crippen molar-refractivity contribution < 1.29 is 4.79 Å². The summed E-state index contributed by atoms with van der Waals surface area (Å²) in [5.74, 6) is 2.76. The minimum Gasteiger partial charge on any atom is -0.356 e. The number of rotatable bonds is 3. The van der Waals surface area contributed by atoms with Gasteiger partial charge in [-0.1, -0.05) is 17.7 Å². The molecule has 2 amide bonds. The van der Waals surface area contributed by atoms with Crippen molar-refractivity contribution in [1.82, 2.24) is 14.9 Å². The van der Waals surface area contributed by atoms with Gasteiger partial charge < -0.3 is 20.0 Å². The van der Waals surface area contributed by atoms with E-state index in [-0.39, 0.29) is 6.03 Å². The zero-order chi connectivity index (χ0) is 20.4. The Kier molecular flexibility index (Phi) is 5.76.